The molecular formula is C18H30N2O3. The number of hydrogen-bond acceptors (Lipinski definition) is 3. The summed E-state index contributed by atoms with van der Waals surface area (Å²) in [5, 5.41) is 13.7. The number of nitrogens with zero attached hydrogens (tertiary/aromatic N) is 1. The van der Waals surface area contributed by atoms with Gasteiger partial charge in [-0.1, -0.05) is 40.0 Å². The van der Waals surface area contributed by atoms with Gasteiger partial charge < -0.3 is 10.4 Å². The summed E-state index contributed by atoms with van der Waals surface area (Å²) >= 11 is 0. The van der Waals surface area contributed by atoms with E-state index in [2.05, 4.69) is 26.1 Å². The van der Waals surface area contributed by atoms with Crippen molar-refractivity contribution in [1.29, 1.82) is 0 Å². The lowest BCUT2D eigenvalue weighted by atomic mass is 9.64. The van der Waals surface area contributed by atoms with E-state index in [-0.39, 0.29) is 23.9 Å². The van der Waals surface area contributed by atoms with Crippen LogP contribution in [0.5, 0.6) is 0 Å². The summed E-state index contributed by atoms with van der Waals surface area (Å²) in [6.07, 6.45) is 6.88. The molecule has 2 atom stereocenters. The predicted octanol–water partition coefficient (Wildman–Crippen LogP) is 2.82. The van der Waals surface area contributed by atoms with E-state index in [4.69, 9.17) is 0 Å². The molecule has 3 rings (SSSR count). The lowest BCUT2D eigenvalue weighted by molar-refractivity contribution is -0.137. The Morgan fingerprint density at radius 1 is 1.17 bits per heavy atom. The predicted molar refractivity (Wildman–Crippen MR) is 87.8 cm³/mol. The first-order valence-corrected chi connectivity index (χ1v) is 9.01. The Hall–Kier alpha value is -1.10. The molecule has 130 valence electrons. The zero-order chi connectivity index (χ0) is 16.9. The molecule has 1 aliphatic heterocycles. The van der Waals surface area contributed by atoms with Crippen molar-refractivity contribution in [2.75, 3.05) is 6.54 Å². The highest BCUT2D eigenvalue weighted by atomic mass is 16.3. The van der Waals surface area contributed by atoms with Gasteiger partial charge in [0.2, 0.25) is 0 Å². The number of urea groups is 1. The largest absolute Gasteiger partial charge is 0.388 e. The maximum Gasteiger partial charge on any atom is 0.325 e. The highest BCUT2D eigenvalue weighted by molar-refractivity contribution is 6.07. The van der Waals surface area contributed by atoms with E-state index in [0.29, 0.717) is 31.6 Å². The number of hydrogen-bond donors (Lipinski definition) is 2. The molecular weight excluding hydrogens is 292 g/mol. The molecule has 0 aromatic carbocycles. The normalized spacial score (nSPS) is 36.3. The van der Waals surface area contributed by atoms with Crippen molar-refractivity contribution in [2.24, 2.45) is 11.3 Å². The zero-order valence-electron chi connectivity index (χ0n) is 14.7. The van der Waals surface area contributed by atoms with Crippen LogP contribution in [-0.2, 0) is 4.79 Å². The van der Waals surface area contributed by atoms with Crippen molar-refractivity contribution in [3.63, 3.8) is 0 Å². The third-order valence-corrected chi connectivity index (χ3v) is 5.86. The van der Waals surface area contributed by atoms with Crippen LogP contribution in [0.2, 0.25) is 0 Å². The second kappa shape index (κ2) is 5.47. The molecule has 2 aliphatic carbocycles. The fraction of sp³-hybridized carbons (Fsp3) is 0.889. The Morgan fingerprint density at radius 3 is 2.43 bits per heavy atom. The van der Waals surface area contributed by atoms with E-state index in [9.17, 15) is 14.7 Å². The fourth-order valence-corrected chi connectivity index (χ4v) is 5.31. The van der Waals surface area contributed by atoms with Gasteiger partial charge in [0.15, 0.2) is 0 Å². The molecule has 2 N–H and O–H groups in total. The van der Waals surface area contributed by atoms with Gasteiger partial charge in [-0.2, -0.15) is 0 Å². The zero-order valence-corrected chi connectivity index (χ0v) is 14.7. The molecule has 0 aromatic heterocycles. The fourth-order valence-electron chi connectivity index (χ4n) is 5.31. The van der Waals surface area contributed by atoms with Crippen molar-refractivity contribution >= 4 is 11.9 Å². The van der Waals surface area contributed by atoms with E-state index in [0.717, 1.165) is 25.7 Å². The minimum absolute atomic E-state index is 0.0400. The molecule has 3 aliphatic rings. The molecule has 1 spiro atoms. The molecule has 1 heterocycles. The second-order valence-electron chi connectivity index (χ2n) is 9.04. The Bertz CT molecular complexity index is 510. The molecule has 5 nitrogen and oxygen atoms in total. The molecule has 2 saturated carbocycles. The quantitative estimate of drug-likeness (QED) is 0.768. The van der Waals surface area contributed by atoms with Gasteiger partial charge in [-0.3, -0.25) is 9.69 Å². The van der Waals surface area contributed by atoms with Gasteiger partial charge in [0.1, 0.15) is 5.54 Å². The second-order valence-corrected chi connectivity index (χ2v) is 9.04. The lowest BCUT2D eigenvalue weighted by Crippen LogP contribution is -2.54. The van der Waals surface area contributed by atoms with E-state index in [1.54, 1.807) is 0 Å². The van der Waals surface area contributed by atoms with Crippen LogP contribution in [0.15, 0.2) is 0 Å². The van der Waals surface area contributed by atoms with Crippen molar-refractivity contribution in [3.8, 4) is 0 Å². The van der Waals surface area contributed by atoms with Crippen LogP contribution >= 0.6 is 0 Å². The van der Waals surface area contributed by atoms with Gasteiger partial charge in [0.05, 0.1) is 12.1 Å². The van der Waals surface area contributed by atoms with E-state index < -0.39 is 11.1 Å². The first-order chi connectivity index (χ1) is 10.6. The number of amides is 3. The van der Waals surface area contributed by atoms with Crippen molar-refractivity contribution in [2.45, 2.75) is 83.3 Å². The molecule has 0 bridgehead atoms. The molecule has 0 radical (unpaired) electrons. The molecule has 0 aromatic rings. The highest BCUT2D eigenvalue weighted by Crippen LogP contribution is 2.46. The lowest BCUT2D eigenvalue weighted by Gasteiger charge is -2.44. The number of nitrogens with one attached hydrogen (secondary N) is 1. The summed E-state index contributed by atoms with van der Waals surface area (Å²) in [6.45, 7) is 6.63. The van der Waals surface area contributed by atoms with Crippen LogP contribution in [0.25, 0.3) is 0 Å². The number of carbonyl (C=O) groups is 2. The third kappa shape index (κ3) is 3.12. The Morgan fingerprint density at radius 2 is 1.83 bits per heavy atom. The van der Waals surface area contributed by atoms with Crippen LogP contribution in [-0.4, -0.2) is 39.6 Å². The monoisotopic (exact) mass is 322 g/mol. The highest BCUT2D eigenvalue weighted by Gasteiger charge is 2.57. The maximum absolute atomic E-state index is 13.1. The Labute approximate surface area is 138 Å². The number of β-amino-alcohol motifs (C(OH)–C–C–N with tert-alkyl or cyclic N) is 1. The van der Waals surface area contributed by atoms with Crippen molar-refractivity contribution in [1.82, 2.24) is 10.2 Å². The average Bonchev–Trinajstić information content (AvgIpc) is 2.61. The first kappa shape index (κ1) is 16.7. The molecule has 23 heavy (non-hydrogen) atoms. The Balaban J connectivity index is 1.79. The van der Waals surface area contributed by atoms with Gasteiger partial charge in [-0.25, -0.2) is 4.79 Å². The smallest absolute Gasteiger partial charge is 0.325 e. The summed E-state index contributed by atoms with van der Waals surface area (Å²) in [7, 11) is 0. The topological polar surface area (TPSA) is 69.6 Å². The van der Waals surface area contributed by atoms with Gasteiger partial charge >= 0.3 is 6.03 Å². The molecule has 3 amide bonds. The number of rotatable bonds is 2. The van der Waals surface area contributed by atoms with Crippen molar-refractivity contribution < 1.29 is 14.7 Å². The number of aliphatic hydroxyl groups is 1. The Kier molecular flexibility index (Phi) is 3.98. The van der Waals surface area contributed by atoms with Crippen LogP contribution in [0.3, 0.4) is 0 Å². The standard InChI is InChI=1S/C18H30N2O3/c1-13-9-16(2,3)11-18(10-13)14(21)20(15(22)19-18)12-17(23)7-5-4-6-8-17/h13,23H,4-12H2,1-3H3,(H,19,22)/t13-,18-/m1/s1. The summed E-state index contributed by atoms with van der Waals surface area (Å²) in [6, 6.07) is -0.320. The van der Waals surface area contributed by atoms with E-state index in [1.165, 1.54) is 4.90 Å². The van der Waals surface area contributed by atoms with Crippen LogP contribution in [0.4, 0.5) is 4.79 Å². The molecule has 3 fully saturated rings. The van der Waals surface area contributed by atoms with E-state index >= 15 is 0 Å². The summed E-state index contributed by atoms with van der Waals surface area (Å²) in [5.74, 6) is 0.279. The third-order valence-electron chi connectivity index (χ3n) is 5.86. The molecule has 5 heteroatoms. The molecule has 1 saturated heterocycles. The number of imide groups is 1. The first-order valence-electron chi connectivity index (χ1n) is 9.01. The number of carbonyl (C=O) groups excluding carboxylic acids is 2. The van der Waals surface area contributed by atoms with E-state index in [1.807, 2.05) is 0 Å². The SMILES string of the molecule is C[C@@H]1CC(C)(C)C[C@@]2(C1)NC(=O)N(CC1(O)CCCCC1)C2=O. The average molecular weight is 322 g/mol. The van der Waals surface area contributed by atoms with Gasteiger partial charge in [-0.05, 0) is 43.4 Å². The van der Waals surface area contributed by atoms with Crippen LogP contribution < -0.4 is 5.32 Å². The summed E-state index contributed by atoms with van der Waals surface area (Å²) in [5.41, 5.74) is -1.62. The minimum atomic E-state index is -0.896. The van der Waals surface area contributed by atoms with Gasteiger partial charge in [-0.15, -0.1) is 0 Å². The minimum Gasteiger partial charge on any atom is -0.388 e. The summed E-state index contributed by atoms with van der Waals surface area (Å²) in [4.78, 5) is 26.8. The summed E-state index contributed by atoms with van der Waals surface area (Å²) < 4.78 is 0. The van der Waals surface area contributed by atoms with Crippen LogP contribution in [0.1, 0.15) is 72.1 Å². The van der Waals surface area contributed by atoms with Gasteiger partial charge in [0, 0.05) is 0 Å². The van der Waals surface area contributed by atoms with Crippen LogP contribution in [0, 0.1) is 11.3 Å². The van der Waals surface area contributed by atoms with Gasteiger partial charge in [0.25, 0.3) is 5.91 Å². The van der Waals surface area contributed by atoms with Crippen molar-refractivity contribution in [3.05, 3.63) is 0 Å². The molecule has 0 unspecified atom stereocenters. The maximum atomic E-state index is 13.1.